The lowest BCUT2D eigenvalue weighted by Gasteiger charge is -2.04. The summed E-state index contributed by atoms with van der Waals surface area (Å²) in [6, 6.07) is 16.3. The van der Waals surface area contributed by atoms with Gasteiger partial charge >= 0.3 is 0 Å². The predicted octanol–water partition coefficient (Wildman–Crippen LogP) is 5.91. The molecule has 0 spiro atoms. The number of benzene rings is 2. The zero-order valence-corrected chi connectivity index (χ0v) is 12.7. The largest absolute Gasteiger partial charge is 0.456 e. The highest BCUT2D eigenvalue weighted by Gasteiger charge is 2.07. The molecule has 4 aromatic rings. The summed E-state index contributed by atoms with van der Waals surface area (Å²) >= 11 is 7.60. The average molecular weight is 314 g/mol. The van der Waals surface area contributed by atoms with Crippen LogP contribution in [0.5, 0.6) is 0 Å². The van der Waals surface area contributed by atoms with Gasteiger partial charge in [0.15, 0.2) is 0 Å². The molecule has 0 radical (unpaired) electrons. The van der Waals surface area contributed by atoms with Crippen LogP contribution in [0.15, 0.2) is 58.3 Å². The van der Waals surface area contributed by atoms with Crippen LogP contribution < -0.4 is 5.32 Å². The molecular weight excluding hydrogens is 302 g/mol. The van der Waals surface area contributed by atoms with Crippen LogP contribution in [0.4, 0.5) is 5.69 Å². The Morgan fingerprint density at radius 3 is 2.71 bits per heavy atom. The van der Waals surface area contributed by atoms with E-state index in [9.17, 15) is 0 Å². The number of rotatable bonds is 3. The van der Waals surface area contributed by atoms with Gasteiger partial charge in [0.05, 0.1) is 5.02 Å². The summed E-state index contributed by atoms with van der Waals surface area (Å²) < 4.78 is 5.83. The second kappa shape index (κ2) is 5.10. The molecule has 0 atom stereocenters. The molecule has 0 saturated heterocycles. The van der Waals surface area contributed by atoms with Crippen LogP contribution in [0.1, 0.15) is 4.88 Å². The van der Waals surface area contributed by atoms with Crippen molar-refractivity contribution >= 4 is 50.6 Å². The first kappa shape index (κ1) is 12.7. The second-order valence-electron chi connectivity index (χ2n) is 4.89. The van der Waals surface area contributed by atoms with Crippen LogP contribution in [0.3, 0.4) is 0 Å². The van der Waals surface area contributed by atoms with Gasteiger partial charge in [0.2, 0.25) is 0 Å². The van der Waals surface area contributed by atoms with Gasteiger partial charge in [0.1, 0.15) is 11.2 Å². The van der Waals surface area contributed by atoms with Crippen molar-refractivity contribution in [2.45, 2.75) is 6.54 Å². The van der Waals surface area contributed by atoms with E-state index in [1.807, 2.05) is 41.8 Å². The van der Waals surface area contributed by atoms with Crippen molar-refractivity contribution in [1.29, 1.82) is 0 Å². The highest BCUT2D eigenvalue weighted by molar-refractivity contribution is 7.10. The molecule has 0 aliphatic rings. The van der Waals surface area contributed by atoms with E-state index in [-0.39, 0.29) is 0 Å². The molecule has 2 nitrogen and oxygen atoms in total. The first-order chi connectivity index (χ1) is 10.3. The van der Waals surface area contributed by atoms with Crippen molar-refractivity contribution in [2.24, 2.45) is 0 Å². The van der Waals surface area contributed by atoms with E-state index in [0.717, 1.165) is 39.2 Å². The van der Waals surface area contributed by atoms with Crippen molar-refractivity contribution in [3.63, 3.8) is 0 Å². The highest BCUT2D eigenvalue weighted by Crippen LogP contribution is 2.30. The van der Waals surface area contributed by atoms with E-state index in [0.29, 0.717) is 0 Å². The van der Waals surface area contributed by atoms with Crippen LogP contribution >= 0.6 is 22.9 Å². The molecule has 0 aliphatic heterocycles. The van der Waals surface area contributed by atoms with Gasteiger partial charge in [-0.15, -0.1) is 11.3 Å². The fraction of sp³-hybridized carbons (Fsp3) is 0.0588. The van der Waals surface area contributed by atoms with Crippen LogP contribution in [0.2, 0.25) is 5.02 Å². The molecule has 0 amide bonds. The molecule has 2 aromatic carbocycles. The maximum absolute atomic E-state index is 5.94. The third-order valence-corrected chi connectivity index (χ3v) is 4.75. The Morgan fingerprint density at radius 1 is 1.00 bits per heavy atom. The maximum atomic E-state index is 5.94. The van der Waals surface area contributed by atoms with Gasteiger partial charge in [-0.2, -0.15) is 0 Å². The van der Waals surface area contributed by atoms with Gasteiger partial charge in [-0.05, 0) is 30.3 Å². The normalized spacial score (nSPS) is 11.3. The number of fused-ring (bicyclic) bond motifs is 3. The van der Waals surface area contributed by atoms with Crippen molar-refractivity contribution in [3.8, 4) is 0 Å². The number of nitrogens with one attached hydrogen (secondary N) is 1. The van der Waals surface area contributed by atoms with Gasteiger partial charge in [-0.1, -0.05) is 29.8 Å². The summed E-state index contributed by atoms with van der Waals surface area (Å²) in [7, 11) is 0. The Morgan fingerprint density at radius 2 is 1.86 bits per heavy atom. The molecular formula is C17H12ClNOS. The van der Waals surface area contributed by atoms with E-state index >= 15 is 0 Å². The summed E-state index contributed by atoms with van der Waals surface area (Å²) in [5.41, 5.74) is 2.93. The van der Waals surface area contributed by atoms with E-state index in [4.69, 9.17) is 16.0 Å². The molecule has 1 N–H and O–H groups in total. The summed E-state index contributed by atoms with van der Waals surface area (Å²) in [5.74, 6) is 0. The maximum Gasteiger partial charge on any atom is 0.135 e. The van der Waals surface area contributed by atoms with Crippen molar-refractivity contribution in [1.82, 2.24) is 0 Å². The van der Waals surface area contributed by atoms with Crippen LogP contribution in [-0.4, -0.2) is 0 Å². The minimum atomic E-state index is 0.776. The third kappa shape index (κ3) is 2.39. The fourth-order valence-electron chi connectivity index (χ4n) is 2.47. The van der Waals surface area contributed by atoms with Crippen LogP contribution in [0, 0.1) is 0 Å². The van der Waals surface area contributed by atoms with Crippen molar-refractivity contribution < 1.29 is 4.42 Å². The molecule has 21 heavy (non-hydrogen) atoms. The van der Waals surface area contributed by atoms with E-state index < -0.39 is 0 Å². The van der Waals surface area contributed by atoms with Crippen molar-refractivity contribution in [3.05, 3.63) is 63.8 Å². The number of thiophene rings is 1. The Kier molecular flexibility index (Phi) is 3.09. The minimum Gasteiger partial charge on any atom is -0.456 e. The summed E-state index contributed by atoms with van der Waals surface area (Å²) in [6.45, 7) is 0.776. The predicted molar refractivity (Wildman–Crippen MR) is 90.4 cm³/mol. The quantitative estimate of drug-likeness (QED) is 0.508. The number of hydrogen-bond acceptors (Lipinski definition) is 3. The fourth-order valence-corrected chi connectivity index (χ4v) is 3.48. The average Bonchev–Trinajstić information content (AvgIpc) is 3.08. The number of halogens is 1. The van der Waals surface area contributed by atoms with Gasteiger partial charge in [0, 0.05) is 33.3 Å². The molecule has 104 valence electrons. The van der Waals surface area contributed by atoms with Gasteiger partial charge in [-0.3, -0.25) is 0 Å². The molecule has 2 heterocycles. The summed E-state index contributed by atoms with van der Waals surface area (Å²) in [5, 5.41) is 8.47. The molecule has 0 unspecified atom stereocenters. The zero-order chi connectivity index (χ0) is 14.2. The Labute approximate surface area is 131 Å². The van der Waals surface area contributed by atoms with Gasteiger partial charge in [0.25, 0.3) is 0 Å². The number of hydrogen-bond donors (Lipinski definition) is 1. The molecule has 0 saturated carbocycles. The van der Waals surface area contributed by atoms with Crippen LogP contribution in [0.25, 0.3) is 21.9 Å². The first-order valence-corrected chi connectivity index (χ1v) is 7.93. The number of furan rings is 1. The molecule has 2 aromatic heterocycles. The lowest BCUT2D eigenvalue weighted by atomic mass is 10.1. The Balaban J connectivity index is 1.68. The van der Waals surface area contributed by atoms with Gasteiger partial charge in [-0.25, -0.2) is 0 Å². The van der Waals surface area contributed by atoms with E-state index in [2.05, 4.69) is 17.4 Å². The van der Waals surface area contributed by atoms with E-state index in [1.54, 1.807) is 11.3 Å². The van der Waals surface area contributed by atoms with E-state index in [1.165, 1.54) is 4.88 Å². The Bertz CT molecular complexity index is 925. The second-order valence-corrected chi connectivity index (χ2v) is 6.33. The number of anilines is 1. The van der Waals surface area contributed by atoms with Gasteiger partial charge < -0.3 is 9.73 Å². The topological polar surface area (TPSA) is 25.2 Å². The highest BCUT2D eigenvalue weighted by atomic mass is 35.5. The smallest absolute Gasteiger partial charge is 0.135 e. The Hall–Kier alpha value is -1.97. The minimum absolute atomic E-state index is 0.776. The lowest BCUT2D eigenvalue weighted by molar-refractivity contribution is 0.669. The zero-order valence-electron chi connectivity index (χ0n) is 11.1. The molecule has 4 rings (SSSR count). The summed E-state index contributed by atoms with van der Waals surface area (Å²) in [4.78, 5) is 1.22. The third-order valence-electron chi connectivity index (χ3n) is 3.47. The molecule has 0 fully saturated rings. The molecule has 0 aliphatic carbocycles. The first-order valence-electron chi connectivity index (χ1n) is 6.68. The monoisotopic (exact) mass is 313 g/mol. The standard InChI is InChI=1S/C17H12ClNOS/c18-11-7-13(21-10-11)9-19-12-5-6-17-15(8-12)14-3-1-2-4-16(14)20-17/h1-8,10,19H,9H2. The van der Waals surface area contributed by atoms with Crippen LogP contribution in [-0.2, 0) is 6.54 Å². The SMILES string of the molecule is Clc1csc(CNc2ccc3oc4ccccc4c3c2)c1. The summed E-state index contributed by atoms with van der Waals surface area (Å²) in [6.07, 6.45) is 0. The lowest BCUT2D eigenvalue weighted by Crippen LogP contribution is -1.96. The molecule has 4 heteroatoms. The van der Waals surface area contributed by atoms with Crippen molar-refractivity contribution in [2.75, 3.05) is 5.32 Å². The number of para-hydroxylation sites is 1. The molecule has 0 bridgehead atoms.